The molecule has 1 aromatic rings. The molecule has 0 fully saturated rings. The van der Waals surface area contributed by atoms with E-state index >= 15 is 0 Å². The second kappa shape index (κ2) is 3.69. The van der Waals surface area contributed by atoms with Crippen molar-refractivity contribution in [2.24, 2.45) is 0 Å². The standard InChI is InChI=1S/C6H4Cl2N2O2/c1-3(11)12-4-5(7)9-2-10-6(4)8/h2H,1H3. The maximum absolute atomic E-state index is 10.5. The van der Waals surface area contributed by atoms with Gasteiger partial charge in [0.15, 0.2) is 10.3 Å². The van der Waals surface area contributed by atoms with Crippen LogP contribution in [-0.2, 0) is 4.79 Å². The first-order valence-electron chi connectivity index (χ1n) is 2.95. The van der Waals surface area contributed by atoms with Crippen molar-refractivity contribution in [3.63, 3.8) is 0 Å². The molecule has 1 aromatic heterocycles. The zero-order chi connectivity index (χ0) is 9.14. The van der Waals surface area contributed by atoms with Crippen LogP contribution >= 0.6 is 23.2 Å². The number of esters is 1. The van der Waals surface area contributed by atoms with E-state index in [1.807, 2.05) is 0 Å². The quantitative estimate of drug-likeness (QED) is 0.519. The first kappa shape index (κ1) is 9.22. The highest BCUT2D eigenvalue weighted by molar-refractivity contribution is 6.35. The summed E-state index contributed by atoms with van der Waals surface area (Å²) in [4.78, 5) is 17.7. The summed E-state index contributed by atoms with van der Waals surface area (Å²) in [5.41, 5.74) is 0. The minimum absolute atomic E-state index is 0.00617. The Morgan fingerprint density at radius 2 is 1.92 bits per heavy atom. The maximum Gasteiger partial charge on any atom is 0.308 e. The molecule has 12 heavy (non-hydrogen) atoms. The second-order valence-corrected chi connectivity index (χ2v) is 2.59. The fourth-order valence-corrected chi connectivity index (χ4v) is 0.952. The van der Waals surface area contributed by atoms with E-state index in [0.29, 0.717) is 0 Å². The Balaban J connectivity index is 3.04. The third kappa shape index (κ3) is 2.06. The number of hydrogen-bond acceptors (Lipinski definition) is 4. The van der Waals surface area contributed by atoms with Gasteiger partial charge in [0.1, 0.15) is 6.33 Å². The van der Waals surface area contributed by atoms with E-state index in [9.17, 15) is 4.79 Å². The van der Waals surface area contributed by atoms with Crippen LogP contribution in [0.2, 0.25) is 10.3 Å². The summed E-state index contributed by atoms with van der Waals surface area (Å²) in [6, 6.07) is 0. The molecule has 4 nitrogen and oxygen atoms in total. The van der Waals surface area contributed by atoms with E-state index in [1.54, 1.807) is 0 Å². The summed E-state index contributed by atoms with van der Waals surface area (Å²) in [6.45, 7) is 1.24. The molecule has 1 rings (SSSR count). The molecule has 6 heteroatoms. The van der Waals surface area contributed by atoms with Crippen molar-refractivity contribution in [2.75, 3.05) is 0 Å². The van der Waals surface area contributed by atoms with Gasteiger partial charge < -0.3 is 4.74 Å². The monoisotopic (exact) mass is 206 g/mol. The van der Waals surface area contributed by atoms with Crippen LogP contribution in [0.5, 0.6) is 5.75 Å². The van der Waals surface area contributed by atoms with Gasteiger partial charge in [-0.3, -0.25) is 4.79 Å². The van der Waals surface area contributed by atoms with Gasteiger partial charge >= 0.3 is 5.97 Å². The third-order valence-electron chi connectivity index (χ3n) is 0.963. The topological polar surface area (TPSA) is 52.1 Å². The van der Waals surface area contributed by atoms with Gasteiger partial charge in [0.25, 0.3) is 0 Å². The van der Waals surface area contributed by atoms with Crippen molar-refractivity contribution in [2.45, 2.75) is 6.92 Å². The predicted octanol–water partition coefficient (Wildman–Crippen LogP) is 1.71. The molecule has 0 aliphatic heterocycles. The lowest BCUT2D eigenvalue weighted by atomic mass is 10.6. The molecule has 0 bridgehead atoms. The van der Waals surface area contributed by atoms with Gasteiger partial charge in [-0.2, -0.15) is 0 Å². The number of nitrogens with zero attached hydrogens (tertiary/aromatic N) is 2. The van der Waals surface area contributed by atoms with Crippen molar-refractivity contribution in [3.05, 3.63) is 16.6 Å². The summed E-state index contributed by atoms with van der Waals surface area (Å²) >= 11 is 11.1. The Labute approximate surface area is 78.5 Å². The molecule has 0 unspecified atom stereocenters. The predicted molar refractivity (Wildman–Crippen MR) is 43.4 cm³/mol. The number of aromatic nitrogens is 2. The molecular weight excluding hydrogens is 203 g/mol. The zero-order valence-corrected chi connectivity index (χ0v) is 7.56. The fourth-order valence-electron chi connectivity index (χ4n) is 0.561. The normalized spacial score (nSPS) is 9.58. The van der Waals surface area contributed by atoms with Gasteiger partial charge in [0.05, 0.1) is 0 Å². The first-order chi connectivity index (χ1) is 5.61. The highest BCUT2D eigenvalue weighted by Crippen LogP contribution is 2.28. The zero-order valence-electron chi connectivity index (χ0n) is 6.04. The van der Waals surface area contributed by atoms with E-state index in [-0.39, 0.29) is 16.1 Å². The molecule has 0 aromatic carbocycles. The van der Waals surface area contributed by atoms with E-state index in [2.05, 4.69) is 14.7 Å². The summed E-state index contributed by atoms with van der Waals surface area (Å²) in [5, 5.41) is 0.0374. The maximum atomic E-state index is 10.5. The molecule has 0 radical (unpaired) electrons. The number of carbonyl (C=O) groups excluding carboxylic acids is 1. The fraction of sp³-hybridized carbons (Fsp3) is 0.167. The smallest absolute Gasteiger partial charge is 0.308 e. The van der Waals surface area contributed by atoms with Crippen LogP contribution in [-0.4, -0.2) is 15.9 Å². The molecular formula is C6H4Cl2N2O2. The summed E-state index contributed by atoms with van der Waals surface area (Å²) < 4.78 is 4.65. The molecule has 0 atom stereocenters. The third-order valence-corrected chi connectivity index (χ3v) is 1.50. The average molecular weight is 207 g/mol. The summed E-state index contributed by atoms with van der Waals surface area (Å²) in [5.74, 6) is -0.526. The molecule has 0 N–H and O–H groups in total. The van der Waals surface area contributed by atoms with E-state index in [4.69, 9.17) is 23.2 Å². The molecule has 64 valence electrons. The van der Waals surface area contributed by atoms with Gasteiger partial charge in [0, 0.05) is 6.92 Å². The Hall–Kier alpha value is -0.870. The van der Waals surface area contributed by atoms with E-state index in [0.717, 1.165) is 0 Å². The number of halogens is 2. The Kier molecular flexibility index (Phi) is 2.83. The molecule has 0 saturated carbocycles. The van der Waals surface area contributed by atoms with Crippen LogP contribution in [0.25, 0.3) is 0 Å². The lowest BCUT2D eigenvalue weighted by molar-refractivity contribution is -0.131. The largest absolute Gasteiger partial charge is 0.420 e. The van der Waals surface area contributed by atoms with Gasteiger partial charge in [-0.15, -0.1) is 0 Å². The Morgan fingerprint density at radius 3 is 2.33 bits per heavy atom. The van der Waals surface area contributed by atoms with Crippen molar-refractivity contribution < 1.29 is 9.53 Å². The van der Waals surface area contributed by atoms with Crippen LogP contribution in [0.4, 0.5) is 0 Å². The number of rotatable bonds is 1. The molecule has 1 heterocycles. The van der Waals surface area contributed by atoms with Crippen LogP contribution in [0.15, 0.2) is 6.33 Å². The van der Waals surface area contributed by atoms with Crippen LogP contribution in [0.1, 0.15) is 6.92 Å². The highest BCUT2D eigenvalue weighted by atomic mass is 35.5. The first-order valence-corrected chi connectivity index (χ1v) is 3.71. The molecule has 0 aliphatic carbocycles. The van der Waals surface area contributed by atoms with Gasteiger partial charge in [-0.1, -0.05) is 23.2 Å². The van der Waals surface area contributed by atoms with Crippen LogP contribution in [0, 0.1) is 0 Å². The van der Waals surface area contributed by atoms with Gasteiger partial charge in [-0.25, -0.2) is 9.97 Å². The molecule has 0 amide bonds. The van der Waals surface area contributed by atoms with E-state index < -0.39 is 5.97 Å². The molecule has 0 spiro atoms. The molecule has 0 aliphatic rings. The Bertz CT molecular complexity index is 296. The average Bonchev–Trinajstić information content (AvgIpc) is 1.97. The SMILES string of the molecule is CC(=O)Oc1c(Cl)ncnc1Cl. The number of hydrogen-bond donors (Lipinski definition) is 0. The highest BCUT2D eigenvalue weighted by Gasteiger charge is 2.10. The van der Waals surface area contributed by atoms with Gasteiger partial charge in [-0.05, 0) is 0 Å². The number of carbonyl (C=O) groups is 1. The van der Waals surface area contributed by atoms with Crippen LogP contribution in [0.3, 0.4) is 0 Å². The minimum atomic E-state index is -0.520. The summed E-state index contributed by atoms with van der Waals surface area (Å²) in [7, 11) is 0. The van der Waals surface area contributed by atoms with E-state index in [1.165, 1.54) is 13.3 Å². The lowest BCUT2D eigenvalue weighted by Gasteiger charge is -2.02. The minimum Gasteiger partial charge on any atom is -0.420 e. The Morgan fingerprint density at radius 1 is 1.42 bits per heavy atom. The van der Waals surface area contributed by atoms with Crippen molar-refractivity contribution in [1.82, 2.24) is 9.97 Å². The van der Waals surface area contributed by atoms with Crippen molar-refractivity contribution in [1.29, 1.82) is 0 Å². The second-order valence-electron chi connectivity index (χ2n) is 1.88. The van der Waals surface area contributed by atoms with Gasteiger partial charge in [0.2, 0.25) is 5.75 Å². The summed E-state index contributed by atoms with van der Waals surface area (Å²) in [6.07, 6.45) is 1.18. The lowest BCUT2D eigenvalue weighted by Crippen LogP contribution is -2.03. The molecule has 0 saturated heterocycles. The van der Waals surface area contributed by atoms with Crippen LogP contribution < -0.4 is 4.74 Å². The van der Waals surface area contributed by atoms with Crippen molar-refractivity contribution in [3.8, 4) is 5.75 Å². The number of ether oxygens (including phenoxy) is 1. The van der Waals surface area contributed by atoms with Crippen molar-refractivity contribution >= 4 is 29.2 Å².